The van der Waals surface area contributed by atoms with E-state index in [1.54, 1.807) is 0 Å². The summed E-state index contributed by atoms with van der Waals surface area (Å²) in [5, 5.41) is 16.2. The number of sulfonamides is 1. The summed E-state index contributed by atoms with van der Waals surface area (Å²) in [7, 11) is -3.86. The number of thiazole rings is 1. The molecular weight excluding hydrogens is 500 g/mol. The number of carboxylic acids is 1. The molecule has 3 aromatic rings. The van der Waals surface area contributed by atoms with Crippen LogP contribution in [0.4, 0.5) is 5.13 Å². The van der Waals surface area contributed by atoms with Gasteiger partial charge in [-0.3, -0.25) is 0 Å². The number of hydrogen-bond acceptors (Lipinski definition) is 8. The van der Waals surface area contributed by atoms with Gasteiger partial charge >= 0.3 is 5.97 Å². The van der Waals surface area contributed by atoms with Crippen molar-refractivity contribution < 1.29 is 23.1 Å². The van der Waals surface area contributed by atoms with Gasteiger partial charge in [0.1, 0.15) is 5.75 Å². The van der Waals surface area contributed by atoms with Crippen LogP contribution >= 0.6 is 11.3 Å². The number of carbonyl (C=O) groups is 1. The lowest BCUT2D eigenvalue weighted by Crippen LogP contribution is -2.25. The predicted octanol–water partition coefficient (Wildman–Crippen LogP) is 4.55. The summed E-state index contributed by atoms with van der Waals surface area (Å²) in [4.78, 5) is 20.2. The molecule has 4 rings (SSSR count). The molecule has 0 bridgehead atoms. The maximum Gasteiger partial charge on any atom is 0.355 e. The van der Waals surface area contributed by atoms with E-state index >= 15 is 0 Å². The van der Waals surface area contributed by atoms with Crippen molar-refractivity contribution in [2.75, 3.05) is 0 Å². The fourth-order valence-electron chi connectivity index (χ4n) is 4.03. The topological polar surface area (TPSA) is 158 Å². The number of rotatable bonds is 8. The summed E-state index contributed by atoms with van der Waals surface area (Å²) in [6, 6.07) is 15.0. The van der Waals surface area contributed by atoms with Gasteiger partial charge in [0.2, 0.25) is 15.2 Å². The maximum absolute atomic E-state index is 11.7. The molecule has 1 aliphatic rings. The molecule has 5 N–H and O–H groups in total. The van der Waals surface area contributed by atoms with Crippen LogP contribution in [0, 0.1) is 5.92 Å². The number of carboxylic acid groups (broad SMARTS) is 1. The molecule has 0 radical (unpaired) electrons. The minimum absolute atomic E-state index is 0.0249. The standard InChI is InChI=1S/C25H26N4O5S2/c26-21(16-7-3-1-4-8-16)23(34-18-11-13-19(14-12-18)36(27,32)33)22(17-9-5-2-6-10-17)29-25-28-20(15-35-25)24(30)31/h1,3-4,7-8,11-15,17H,2,5-6,9-10,26H2,(H,30,31)(H2,27,32,33). The van der Waals surface area contributed by atoms with Crippen molar-refractivity contribution in [3.8, 4) is 5.75 Å². The lowest BCUT2D eigenvalue weighted by atomic mass is 9.84. The highest BCUT2D eigenvalue weighted by atomic mass is 32.2. The summed E-state index contributed by atoms with van der Waals surface area (Å²) >= 11 is 1.13. The summed E-state index contributed by atoms with van der Waals surface area (Å²) < 4.78 is 29.6. The first-order valence-electron chi connectivity index (χ1n) is 11.4. The van der Waals surface area contributed by atoms with Crippen molar-refractivity contribution >= 4 is 43.9 Å². The van der Waals surface area contributed by atoms with Crippen LogP contribution in [0.5, 0.6) is 5.75 Å². The minimum Gasteiger partial charge on any atom is -0.476 e. The number of nitrogens with two attached hydrogens (primary N) is 2. The fraction of sp³-hybridized carbons (Fsp3) is 0.240. The molecule has 1 aromatic heterocycles. The normalized spacial score (nSPS) is 15.9. The van der Waals surface area contributed by atoms with Gasteiger partial charge in [-0.1, -0.05) is 49.6 Å². The molecule has 0 amide bonds. The van der Waals surface area contributed by atoms with Crippen LogP contribution in [0.1, 0.15) is 48.2 Å². The van der Waals surface area contributed by atoms with Gasteiger partial charge < -0.3 is 15.6 Å². The highest BCUT2D eigenvalue weighted by Crippen LogP contribution is 2.33. The van der Waals surface area contributed by atoms with E-state index in [4.69, 9.17) is 20.6 Å². The molecule has 36 heavy (non-hydrogen) atoms. The van der Waals surface area contributed by atoms with Gasteiger partial charge in [0.25, 0.3) is 0 Å². The van der Waals surface area contributed by atoms with Crippen molar-refractivity contribution in [2.45, 2.75) is 37.0 Å². The Balaban J connectivity index is 1.84. The van der Waals surface area contributed by atoms with Crippen LogP contribution in [0.2, 0.25) is 0 Å². The van der Waals surface area contributed by atoms with E-state index in [0.717, 1.165) is 49.0 Å². The van der Waals surface area contributed by atoms with Crippen molar-refractivity contribution in [3.05, 3.63) is 77.0 Å². The van der Waals surface area contributed by atoms with Gasteiger partial charge in [-0.25, -0.2) is 28.3 Å². The summed E-state index contributed by atoms with van der Waals surface area (Å²) in [6.07, 6.45) is 4.89. The molecule has 9 nitrogen and oxygen atoms in total. The van der Waals surface area contributed by atoms with Gasteiger partial charge in [0, 0.05) is 16.9 Å². The lowest BCUT2D eigenvalue weighted by molar-refractivity contribution is 0.0691. The predicted molar refractivity (Wildman–Crippen MR) is 139 cm³/mol. The zero-order valence-electron chi connectivity index (χ0n) is 19.3. The average Bonchev–Trinajstić information content (AvgIpc) is 3.36. The number of benzene rings is 2. The number of aliphatic imine (C=N–C) groups is 1. The Morgan fingerprint density at radius 2 is 1.72 bits per heavy atom. The second-order valence-electron chi connectivity index (χ2n) is 8.38. The molecule has 2 aromatic carbocycles. The lowest BCUT2D eigenvalue weighted by Gasteiger charge is -2.26. The number of aromatic nitrogens is 1. The highest BCUT2D eigenvalue weighted by molar-refractivity contribution is 7.89. The largest absolute Gasteiger partial charge is 0.476 e. The molecule has 0 aliphatic heterocycles. The molecule has 0 atom stereocenters. The summed E-state index contributed by atoms with van der Waals surface area (Å²) in [6.45, 7) is 0. The monoisotopic (exact) mass is 526 g/mol. The van der Waals surface area contributed by atoms with E-state index in [-0.39, 0.29) is 16.5 Å². The van der Waals surface area contributed by atoms with Crippen molar-refractivity contribution in [3.63, 3.8) is 0 Å². The molecule has 1 saturated carbocycles. The Morgan fingerprint density at radius 3 is 2.31 bits per heavy atom. The third-order valence-corrected chi connectivity index (χ3v) is 7.52. The molecule has 1 aliphatic carbocycles. The first kappa shape index (κ1) is 25.5. The van der Waals surface area contributed by atoms with E-state index < -0.39 is 16.0 Å². The zero-order chi connectivity index (χ0) is 25.7. The Kier molecular flexibility index (Phi) is 7.82. The number of aromatic carboxylic acids is 1. The summed E-state index contributed by atoms with van der Waals surface area (Å²) in [5.74, 6) is -0.428. The van der Waals surface area contributed by atoms with E-state index in [9.17, 15) is 18.3 Å². The number of ether oxygens (including phenoxy) is 1. The van der Waals surface area contributed by atoms with Crippen LogP contribution in [-0.2, 0) is 10.0 Å². The zero-order valence-corrected chi connectivity index (χ0v) is 21.0. The Morgan fingerprint density at radius 1 is 1.06 bits per heavy atom. The quantitative estimate of drug-likeness (QED) is 0.287. The molecule has 188 valence electrons. The second-order valence-corrected chi connectivity index (χ2v) is 10.8. The van der Waals surface area contributed by atoms with E-state index in [1.165, 1.54) is 29.6 Å². The Labute approximate surface area is 213 Å². The van der Waals surface area contributed by atoms with Crippen LogP contribution in [0.25, 0.3) is 5.70 Å². The van der Waals surface area contributed by atoms with E-state index in [1.807, 2.05) is 30.3 Å². The Hall–Kier alpha value is -3.54. The van der Waals surface area contributed by atoms with E-state index in [2.05, 4.69) is 4.98 Å². The third kappa shape index (κ3) is 6.17. The number of hydrogen-bond donors (Lipinski definition) is 3. The maximum atomic E-state index is 11.7. The van der Waals surface area contributed by atoms with E-state index in [0.29, 0.717) is 28.0 Å². The van der Waals surface area contributed by atoms with Crippen LogP contribution < -0.4 is 15.6 Å². The number of nitrogens with zero attached hydrogens (tertiary/aromatic N) is 2. The molecule has 1 heterocycles. The number of allylic oxidation sites excluding steroid dienone is 1. The van der Waals surface area contributed by atoms with Crippen molar-refractivity contribution in [1.29, 1.82) is 0 Å². The van der Waals surface area contributed by atoms with Crippen LogP contribution in [0.15, 0.2) is 75.6 Å². The minimum atomic E-state index is -3.86. The van der Waals surface area contributed by atoms with Crippen LogP contribution in [0.3, 0.4) is 0 Å². The molecule has 11 heteroatoms. The first-order chi connectivity index (χ1) is 17.2. The van der Waals surface area contributed by atoms with Gasteiger partial charge in [-0.15, -0.1) is 11.3 Å². The van der Waals surface area contributed by atoms with Gasteiger partial charge in [-0.2, -0.15) is 0 Å². The number of primary sulfonamides is 1. The smallest absolute Gasteiger partial charge is 0.355 e. The molecule has 0 spiro atoms. The molecule has 1 fully saturated rings. The van der Waals surface area contributed by atoms with Gasteiger partial charge in [-0.05, 0) is 37.1 Å². The summed E-state index contributed by atoms with van der Waals surface area (Å²) in [5.41, 5.74) is 8.23. The third-order valence-electron chi connectivity index (χ3n) is 5.85. The molecule has 0 unspecified atom stereocenters. The fourth-order valence-corrected chi connectivity index (χ4v) is 5.22. The first-order valence-corrected chi connectivity index (χ1v) is 13.8. The SMILES string of the molecule is NC(=C(Oc1ccc(S(N)(=O)=O)cc1)C(=Nc1nc(C(=O)O)cs1)C1CCCCC1)c1ccccc1. The second kappa shape index (κ2) is 11.0. The molecule has 0 saturated heterocycles. The van der Waals surface area contributed by atoms with Crippen molar-refractivity contribution in [1.82, 2.24) is 4.98 Å². The van der Waals surface area contributed by atoms with Gasteiger partial charge in [0.05, 0.1) is 16.3 Å². The van der Waals surface area contributed by atoms with Gasteiger partial charge in [0.15, 0.2) is 11.5 Å². The average molecular weight is 527 g/mol. The Bertz CT molecular complexity index is 1390. The van der Waals surface area contributed by atoms with Crippen LogP contribution in [-0.4, -0.2) is 30.2 Å². The van der Waals surface area contributed by atoms with Crippen molar-refractivity contribution in [2.24, 2.45) is 21.8 Å². The molecular formula is C25H26N4O5S2. The highest BCUT2D eigenvalue weighted by Gasteiger charge is 2.27.